The number of urea groups is 1. The summed E-state index contributed by atoms with van der Waals surface area (Å²) in [5.74, 6) is -1.51. The summed E-state index contributed by atoms with van der Waals surface area (Å²) in [7, 11) is 0. The molecule has 2 N–H and O–H groups in total. The Balaban J connectivity index is 1.67. The number of hydrogen-bond donors (Lipinski definition) is 2. The molecular formula is C22H18F3N3O3. The summed E-state index contributed by atoms with van der Waals surface area (Å²) >= 11 is 0. The Morgan fingerprint density at radius 3 is 2.48 bits per heavy atom. The quantitative estimate of drug-likeness (QED) is 0.553. The van der Waals surface area contributed by atoms with E-state index >= 15 is 0 Å². The molecule has 9 heteroatoms. The van der Waals surface area contributed by atoms with Crippen LogP contribution >= 0.6 is 0 Å². The molecule has 1 saturated heterocycles. The van der Waals surface area contributed by atoms with E-state index in [2.05, 4.69) is 10.6 Å². The summed E-state index contributed by atoms with van der Waals surface area (Å²) < 4.78 is 38.4. The van der Waals surface area contributed by atoms with E-state index in [1.807, 2.05) is 36.4 Å². The van der Waals surface area contributed by atoms with Gasteiger partial charge in [-0.2, -0.15) is 13.2 Å². The maximum absolute atomic E-state index is 12.8. The number of carbonyl (C=O) groups is 3. The largest absolute Gasteiger partial charge is 0.416 e. The number of amides is 4. The number of anilines is 1. The molecule has 0 saturated carbocycles. The van der Waals surface area contributed by atoms with Gasteiger partial charge in [0, 0.05) is 5.69 Å². The maximum atomic E-state index is 12.8. The average molecular weight is 429 g/mol. The topological polar surface area (TPSA) is 78.5 Å². The minimum Gasteiger partial charge on any atom is -0.325 e. The Kier molecular flexibility index (Phi) is 6.24. The monoisotopic (exact) mass is 429 g/mol. The number of carbonyl (C=O) groups excluding carboxylic acids is 3. The lowest BCUT2D eigenvalue weighted by atomic mass is 10.1. The number of nitrogens with zero attached hydrogens (tertiary/aromatic N) is 1. The molecule has 0 unspecified atom stereocenters. The molecule has 31 heavy (non-hydrogen) atoms. The Hall–Kier alpha value is -3.88. The van der Waals surface area contributed by atoms with Gasteiger partial charge in [0.05, 0.1) is 5.56 Å². The van der Waals surface area contributed by atoms with E-state index in [1.54, 1.807) is 6.92 Å². The fraction of sp³-hybridized carbons (Fsp3) is 0.136. The first-order valence-corrected chi connectivity index (χ1v) is 9.18. The summed E-state index contributed by atoms with van der Waals surface area (Å²) in [5, 5.41) is 4.66. The van der Waals surface area contributed by atoms with Crippen LogP contribution in [-0.2, 0) is 15.8 Å². The minimum atomic E-state index is -4.56. The molecule has 1 heterocycles. The number of nitrogens with one attached hydrogen (secondary N) is 2. The van der Waals surface area contributed by atoms with Gasteiger partial charge in [0.1, 0.15) is 12.2 Å². The molecule has 1 aliphatic heterocycles. The number of rotatable bonds is 5. The number of halogens is 3. The van der Waals surface area contributed by atoms with E-state index in [1.165, 1.54) is 12.1 Å². The molecular weight excluding hydrogens is 411 g/mol. The third-order valence-electron chi connectivity index (χ3n) is 4.30. The molecule has 0 bridgehead atoms. The van der Waals surface area contributed by atoms with Crippen LogP contribution in [0.25, 0.3) is 6.08 Å². The highest BCUT2D eigenvalue weighted by atomic mass is 19.4. The molecule has 3 rings (SSSR count). The fourth-order valence-electron chi connectivity index (χ4n) is 2.91. The molecule has 160 valence electrons. The molecule has 2 aromatic carbocycles. The van der Waals surface area contributed by atoms with Gasteiger partial charge in [0.25, 0.3) is 5.91 Å². The predicted octanol–water partition coefficient (Wildman–Crippen LogP) is 4.18. The van der Waals surface area contributed by atoms with Crippen LogP contribution in [0.2, 0.25) is 0 Å². The van der Waals surface area contributed by atoms with Crippen LogP contribution in [0.1, 0.15) is 18.1 Å². The zero-order valence-corrected chi connectivity index (χ0v) is 16.4. The van der Waals surface area contributed by atoms with Gasteiger partial charge < -0.3 is 10.6 Å². The van der Waals surface area contributed by atoms with Crippen LogP contribution in [-0.4, -0.2) is 29.3 Å². The van der Waals surface area contributed by atoms with E-state index in [0.717, 1.165) is 23.8 Å². The van der Waals surface area contributed by atoms with Gasteiger partial charge >= 0.3 is 12.2 Å². The number of alkyl halides is 3. The van der Waals surface area contributed by atoms with Crippen molar-refractivity contribution in [3.63, 3.8) is 0 Å². The van der Waals surface area contributed by atoms with Crippen molar-refractivity contribution in [3.8, 4) is 0 Å². The van der Waals surface area contributed by atoms with Gasteiger partial charge in [-0.1, -0.05) is 42.5 Å². The first-order chi connectivity index (χ1) is 14.6. The van der Waals surface area contributed by atoms with Crippen LogP contribution in [0.4, 0.5) is 23.7 Å². The van der Waals surface area contributed by atoms with Crippen LogP contribution in [0.15, 0.2) is 71.9 Å². The Morgan fingerprint density at radius 1 is 1.10 bits per heavy atom. The maximum Gasteiger partial charge on any atom is 0.416 e. The highest BCUT2D eigenvalue weighted by Crippen LogP contribution is 2.30. The van der Waals surface area contributed by atoms with Gasteiger partial charge in [-0.05, 0) is 42.3 Å². The molecule has 0 atom stereocenters. The Labute approximate surface area is 176 Å². The van der Waals surface area contributed by atoms with Crippen molar-refractivity contribution < 1.29 is 27.6 Å². The van der Waals surface area contributed by atoms with E-state index in [9.17, 15) is 27.6 Å². The Morgan fingerprint density at radius 2 is 1.81 bits per heavy atom. The van der Waals surface area contributed by atoms with E-state index in [4.69, 9.17) is 0 Å². The van der Waals surface area contributed by atoms with Gasteiger partial charge in [-0.3, -0.25) is 9.59 Å². The van der Waals surface area contributed by atoms with Crippen molar-refractivity contribution in [2.75, 3.05) is 11.9 Å². The third-order valence-corrected chi connectivity index (χ3v) is 4.30. The van der Waals surface area contributed by atoms with Crippen molar-refractivity contribution in [1.29, 1.82) is 0 Å². The number of imide groups is 1. The smallest absolute Gasteiger partial charge is 0.325 e. The first kappa shape index (κ1) is 21.8. The summed E-state index contributed by atoms with van der Waals surface area (Å²) in [6.07, 6.45) is -1.26. The summed E-state index contributed by atoms with van der Waals surface area (Å²) in [4.78, 5) is 37.5. The van der Waals surface area contributed by atoms with Gasteiger partial charge in [0.2, 0.25) is 5.91 Å². The van der Waals surface area contributed by atoms with E-state index in [-0.39, 0.29) is 11.4 Å². The number of allylic oxidation sites excluding steroid dienone is 2. The summed E-state index contributed by atoms with van der Waals surface area (Å²) in [6.45, 7) is 1.11. The summed E-state index contributed by atoms with van der Waals surface area (Å²) in [5.41, 5.74) is 0.591. The van der Waals surface area contributed by atoms with Crippen LogP contribution < -0.4 is 10.6 Å². The van der Waals surface area contributed by atoms with Gasteiger partial charge in [0.15, 0.2) is 0 Å². The van der Waals surface area contributed by atoms with Gasteiger partial charge in [-0.25, -0.2) is 9.69 Å². The molecule has 0 aliphatic carbocycles. The van der Waals surface area contributed by atoms with E-state index < -0.39 is 36.1 Å². The molecule has 0 radical (unpaired) electrons. The highest BCUT2D eigenvalue weighted by Gasteiger charge is 2.35. The van der Waals surface area contributed by atoms with Crippen LogP contribution in [0.5, 0.6) is 0 Å². The highest BCUT2D eigenvalue weighted by molar-refractivity contribution is 6.14. The molecule has 6 nitrogen and oxygen atoms in total. The van der Waals surface area contributed by atoms with Crippen molar-refractivity contribution in [2.24, 2.45) is 0 Å². The average Bonchev–Trinajstić information content (AvgIpc) is 2.95. The lowest BCUT2D eigenvalue weighted by Gasteiger charge is -2.13. The van der Waals surface area contributed by atoms with Crippen molar-refractivity contribution in [2.45, 2.75) is 13.1 Å². The van der Waals surface area contributed by atoms with Crippen LogP contribution in [0, 0.1) is 0 Å². The number of benzene rings is 2. The van der Waals surface area contributed by atoms with E-state index in [0.29, 0.717) is 10.5 Å². The SMILES string of the molecule is CC(=C\c1ccccc1)/C=C1/NC(=O)N(CC(=O)Nc2cccc(C(F)(F)F)c2)C1=O. The standard InChI is InChI=1S/C22H18F3N3O3/c1-14(10-15-6-3-2-4-7-15)11-18-20(30)28(21(31)27-18)13-19(29)26-17-9-5-8-16(12-17)22(23,24)25/h2-12H,13H2,1H3,(H,26,29)(H,27,31)/b14-10+,18-11+. The third kappa shape index (κ3) is 5.59. The second-order valence-corrected chi connectivity index (χ2v) is 6.81. The molecule has 2 aromatic rings. The first-order valence-electron chi connectivity index (χ1n) is 9.18. The molecule has 4 amide bonds. The zero-order chi connectivity index (χ0) is 22.6. The van der Waals surface area contributed by atoms with Crippen molar-refractivity contribution >= 4 is 29.6 Å². The fourth-order valence-corrected chi connectivity index (χ4v) is 2.91. The minimum absolute atomic E-state index is 0.00144. The molecule has 1 aliphatic rings. The Bertz CT molecular complexity index is 1080. The van der Waals surface area contributed by atoms with Crippen LogP contribution in [0.3, 0.4) is 0 Å². The normalized spacial score (nSPS) is 15.9. The van der Waals surface area contributed by atoms with Crippen molar-refractivity contribution in [3.05, 3.63) is 83.1 Å². The predicted molar refractivity (Wildman–Crippen MR) is 108 cm³/mol. The van der Waals surface area contributed by atoms with Gasteiger partial charge in [-0.15, -0.1) is 0 Å². The lowest BCUT2D eigenvalue weighted by Crippen LogP contribution is -2.38. The lowest BCUT2D eigenvalue weighted by molar-refractivity contribution is -0.137. The second-order valence-electron chi connectivity index (χ2n) is 6.81. The zero-order valence-electron chi connectivity index (χ0n) is 16.4. The summed E-state index contributed by atoms with van der Waals surface area (Å²) in [6, 6.07) is 12.6. The second kappa shape index (κ2) is 8.86. The number of hydrogen-bond acceptors (Lipinski definition) is 3. The molecule has 1 fully saturated rings. The molecule has 0 aromatic heterocycles. The van der Waals surface area contributed by atoms with Crippen molar-refractivity contribution in [1.82, 2.24) is 10.2 Å². The molecule has 0 spiro atoms.